The van der Waals surface area contributed by atoms with E-state index in [4.69, 9.17) is 0 Å². The second-order valence-electron chi connectivity index (χ2n) is 6.20. The summed E-state index contributed by atoms with van der Waals surface area (Å²) in [5.74, 6) is 0.572. The van der Waals surface area contributed by atoms with E-state index >= 15 is 0 Å². The maximum Gasteiger partial charge on any atom is 0.227 e. The van der Waals surface area contributed by atoms with Gasteiger partial charge >= 0.3 is 0 Å². The number of benzene rings is 1. The molecule has 0 bridgehead atoms. The lowest BCUT2D eigenvalue weighted by Crippen LogP contribution is -2.49. The van der Waals surface area contributed by atoms with Crippen LogP contribution in [0.2, 0.25) is 0 Å². The Hall–Kier alpha value is -2.43. The maximum absolute atomic E-state index is 13.8. The number of carbonyl (C=O) groups excluding carboxylic acids is 1. The summed E-state index contributed by atoms with van der Waals surface area (Å²) < 4.78 is 13.8. The van der Waals surface area contributed by atoms with Gasteiger partial charge in [-0.2, -0.15) is 0 Å². The van der Waals surface area contributed by atoms with Gasteiger partial charge in [-0.05, 0) is 36.6 Å². The largest absolute Gasteiger partial charge is 0.355 e. The number of aromatic nitrogens is 1. The van der Waals surface area contributed by atoms with Crippen molar-refractivity contribution in [3.05, 3.63) is 60.0 Å². The smallest absolute Gasteiger partial charge is 0.227 e. The first-order valence-electron chi connectivity index (χ1n) is 8.30. The summed E-state index contributed by atoms with van der Waals surface area (Å²) in [5, 5.41) is 0. The number of hydrogen-bond acceptors (Lipinski definition) is 3. The Morgan fingerprint density at radius 3 is 2.83 bits per heavy atom. The summed E-state index contributed by atoms with van der Waals surface area (Å²) in [4.78, 5) is 20.9. The highest BCUT2D eigenvalue weighted by molar-refractivity contribution is 5.79. The lowest BCUT2D eigenvalue weighted by molar-refractivity contribution is -0.131. The summed E-state index contributed by atoms with van der Waals surface area (Å²) in [5.41, 5.74) is 0.451. The summed E-state index contributed by atoms with van der Waals surface area (Å²) in [6, 6.07) is 12.4. The second-order valence-corrected chi connectivity index (χ2v) is 6.20. The number of piperidine rings is 1. The van der Waals surface area contributed by atoms with E-state index in [1.165, 1.54) is 6.07 Å². The van der Waals surface area contributed by atoms with Gasteiger partial charge in [0.2, 0.25) is 5.91 Å². The van der Waals surface area contributed by atoms with Crippen molar-refractivity contribution in [2.24, 2.45) is 0 Å². The summed E-state index contributed by atoms with van der Waals surface area (Å²) in [7, 11) is 1.82. The van der Waals surface area contributed by atoms with E-state index in [9.17, 15) is 9.18 Å². The van der Waals surface area contributed by atoms with Crippen LogP contribution in [0.15, 0.2) is 48.7 Å². The fourth-order valence-electron chi connectivity index (χ4n) is 3.15. The van der Waals surface area contributed by atoms with Gasteiger partial charge in [-0.15, -0.1) is 0 Å². The van der Waals surface area contributed by atoms with Gasteiger partial charge in [0.25, 0.3) is 0 Å². The number of rotatable bonds is 4. The van der Waals surface area contributed by atoms with Crippen LogP contribution < -0.4 is 4.90 Å². The lowest BCUT2D eigenvalue weighted by atomic mass is 10.0. The van der Waals surface area contributed by atoms with Gasteiger partial charge in [-0.3, -0.25) is 4.79 Å². The van der Waals surface area contributed by atoms with Crippen LogP contribution in [0.1, 0.15) is 18.4 Å². The molecule has 0 aliphatic carbocycles. The zero-order chi connectivity index (χ0) is 16.9. The molecule has 1 saturated heterocycles. The van der Waals surface area contributed by atoms with Crippen molar-refractivity contribution in [2.75, 3.05) is 25.0 Å². The van der Waals surface area contributed by atoms with E-state index in [0.717, 1.165) is 31.7 Å². The Morgan fingerprint density at radius 2 is 2.08 bits per heavy atom. The van der Waals surface area contributed by atoms with Gasteiger partial charge < -0.3 is 9.80 Å². The number of anilines is 1. The molecular weight excluding hydrogens is 305 g/mol. The highest BCUT2D eigenvalue weighted by Gasteiger charge is 2.27. The van der Waals surface area contributed by atoms with Crippen LogP contribution in [0.4, 0.5) is 10.2 Å². The minimum absolute atomic E-state index is 0.0482. The SMILES string of the molecule is CN(C(=O)Cc1ccccc1F)[C@@H]1CCCN(c2ccccn2)C1. The Labute approximate surface area is 141 Å². The highest BCUT2D eigenvalue weighted by Crippen LogP contribution is 2.21. The van der Waals surface area contributed by atoms with Crippen LogP contribution in [0.3, 0.4) is 0 Å². The van der Waals surface area contributed by atoms with E-state index in [1.54, 1.807) is 29.3 Å². The molecule has 1 amide bonds. The van der Waals surface area contributed by atoms with Crippen LogP contribution >= 0.6 is 0 Å². The van der Waals surface area contributed by atoms with E-state index < -0.39 is 0 Å². The van der Waals surface area contributed by atoms with E-state index in [0.29, 0.717) is 5.56 Å². The molecule has 0 saturated carbocycles. The minimum Gasteiger partial charge on any atom is -0.355 e. The van der Waals surface area contributed by atoms with Crippen molar-refractivity contribution < 1.29 is 9.18 Å². The number of likely N-dealkylation sites (N-methyl/N-ethyl adjacent to an activating group) is 1. The van der Waals surface area contributed by atoms with Crippen LogP contribution in [0.25, 0.3) is 0 Å². The Balaban J connectivity index is 1.65. The normalized spacial score (nSPS) is 17.6. The molecule has 126 valence electrons. The fourth-order valence-corrected chi connectivity index (χ4v) is 3.15. The lowest BCUT2D eigenvalue weighted by Gasteiger charge is -2.38. The van der Waals surface area contributed by atoms with Gasteiger partial charge in [0, 0.05) is 32.4 Å². The van der Waals surface area contributed by atoms with Crippen LogP contribution in [-0.4, -0.2) is 42.0 Å². The van der Waals surface area contributed by atoms with Gasteiger partial charge in [-0.25, -0.2) is 9.37 Å². The van der Waals surface area contributed by atoms with Crippen molar-refractivity contribution in [2.45, 2.75) is 25.3 Å². The number of halogens is 1. The first kappa shape index (κ1) is 16.4. The Morgan fingerprint density at radius 1 is 1.29 bits per heavy atom. The molecule has 24 heavy (non-hydrogen) atoms. The van der Waals surface area contributed by atoms with Crippen molar-refractivity contribution >= 4 is 11.7 Å². The molecule has 1 aliphatic rings. The molecule has 0 spiro atoms. The van der Waals surface area contributed by atoms with Gasteiger partial charge in [0.05, 0.1) is 6.42 Å². The van der Waals surface area contributed by atoms with Crippen molar-refractivity contribution in [3.8, 4) is 0 Å². The second kappa shape index (κ2) is 7.43. The molecule has 5 heteroatoms. The third kappa shape index (κ3) is 3.72. The maximum atomic E-state index is 13.8. The Bertz CT molecular complexity index is 692. The third-order valence-corrected chi connectivity index (χ3v) is 4.61. The molecule has 1 aliphatic heterocycles. The summed E-state index contributed by atoms with van der Waals surface area (Å²) in [6.45, 7) is 1.71. The fraction of sp³-hybridized carbons (Fsp3) is 0.368. The molecule has 1 fully saturated rings. The van der Waals surface area contributed by atoms with Crippen LogP contribution in [-0.2, 0) is 11.2 Å². The average Bonchev–Trinajstić information content (AvgIpc) is 2.64. The molecule has 3 rings (SSSR count). The average molecular weight is 327 g/mol. The van der Waals surface area contributed by atoms with Crippen molar-refractivity contribution in [1.29, 1.82) is 0 Å². The first-order valence-corrected chi connectivity index (χ1v) is 8.30. The molecule has 0 unspecified atom stereocenters. The van der Waals surface area contributed by atoms with Gasteiger partial charge in [0.1, 0.15) is 11.6 Å². The van der Waals surface area contributed by atoms with Crippen LogP contribution in [0, 0.1) is 5.82 Å². The summed E-state index contributed by atoms with van der Waals surface area (Å²) in [6.07, 6.45) is 3.86. The van der Waals surface area contributed by atoms with Crippen LogP contribution in [0.5, 0.6) is 0 Å². The van der Waals surface area contributed by atoms with Gasteiger partial charge in [0.15, 0.2) is 0 Å². The predicted octanol–water partition coefficient (Wildman–Crippen LogP) is 2.89. The molecular formula is C19H22FN3O. The zero-order valence-electron chi connectivity index (χ0n) is 13.9. The monoisotopic (exact) mass is 327 g/mol. The Kier molecular flexibility index (Phi) is 5.08. The molecule has 2 aromatic rings. The van der Waals surface area contributed by atoms with Crippen molar-refractivity contribution in [1.82, 2.24) is 9.88 Å². The quantitative estimate of drug-likeness (QED) is 0.866. The first-order chi connectivity index (χ1) is 11.6. The summed E-state index contributed by atoms with van der Waals surface area (Å²) >= 11 is 0. The standard InChI is InChI=1S/C19H22FN3O/c1-22(19(24)13-15-7-2-3-9-17(15)20)16-8-6-12-23(14-16)18-10-4-5-11-21-18/h2-5,7,9-11,16H,6,8,12-14H2,1H3/t16-/m1/s1. The number of nitrogens with zero attached hydrogens (tertiary/aromatic N) is 3. The molecule has 1 aromatic heterocycles. The number of pyridine rings is 1. The molecule has 0 radical (unpaired) electrons. The molecule has 0 N–H and O–H groups in total. The topological polar surface area (TPSA) is 36.4 Å². The minimum atomic E-state index is -0.321. The number of hydrogen-bond donors (Lipinski definition) is 0. The molecule has 2 heterocycles. The predicted molar refractivity (Wildman–Crippen MR) is 92.3 cm³/mol. The zero-order valence-corrected chi connectivity index (χ0v) is 13.9. The molecule has 1 aromatic carbocycles. The van der Waals surface area contributed by atoms with E-state index in [-0.39, 0.29) is 24.2 Å². The number of amides is 1. The third-order valence-electron chi connectivity index (χ3n) is 4.61. The van der Waals surface area contributed by atoms with E-state index in [1.807, 2.05) is 25.2 Å². The van der Waals surface area contributed by atoms with Crippen molar-refractivity contribution in [3.63, 3.8) is 0 Å². The molecule has 1 atom stereocenters. The number of carbonyl (C=O) groups is 1. The molecule has 4 nitrogen and oxygen atoms in total. The van der Waals surface area contributed by atoms with E-state index in [2.05, 4.69) is 9.88 Å². The van der Waals surface area contributed by atoms with Gasteiger partial charge in [-0.1, -0.05) is 24.3 Å². The highest BCUT2D eigenvalue weighted by atomic mass is 19.1.